The molecule has 1 aromatic heterocycles. The molecule has 68 valence electrons. The minimum atomic E-state index is -0.197. The van der Waals surface area contributed by atoms with Gasteiger partial charge in [-0.15, -0.1) is 11.8 Å². The average molecular weight is 194 g/mol. The minimum absolute atomic E-state index is 0.197. The molecule has 1 rings (SSSR count). The number of aryl methyl sites for hydroxylation is 1. The van der Waals surface area contributed by atoms with Crippen LogP contribution in [0.5, 0.6) is 0 Å². The lowest BCUT2D eigenvalue weighted by Crippen LogP contribution is -2.21. The van der Waals surface area contributed by atoms with Crippen LogP contribution in [0.4, 0.5) is 0 Å². The SMILES string of the molecule is CSCn1ccc(C)c(C#N)c1=O. The maximum Gasteiger partial charge on any atom is 0.269 e. The van der Waals surface area contributed by atoms with Crippen molar-refractivity contribution in [1.82, 2.24) is 4.57 Å². The van der Waals surface area contributed by atoms with Crippen LogP contribution in [0.1, 0.15) is 11.1 Å². The summed E-state index contributed by atoms with van der Waals surface area (Å²) < 4.78 is 1.54. The maximum atomic E-state index is 11.5. The van der Waals surface area contributed by atoms with Gasteiger partial charge in [0.1, 0.15) is 11.6 Å². The van der Waals surface area contributed by atoms with E-state index in [1.54, 1.807) is 30.9 Å². The first kappa shape index (κ1) is 9.87. The number of pyridine rings is 1. The molecule has 1 heterocycles. The first-order chi connectivity index (χ1) is 6.20. The molecular formula is C9H10N2OS. The van der Waals surface area contributed by atoms with Crippen molar-refractivity contribution < 1.29 is 0 Å². The zero-order chi connectivity index (χ0) is 9.84. The molecule has 4 heteroatoms. The highest BCUT2D eigenvalue weighted by atomic mass is 32.2. The van der Waals surface area contributed by atoms with E-state index >= 15 is 0 Å². The second kappa shape index (κ2) is 4.15. The Labute approximate surface area is 81.0 Å². The van der Waals surface area contributed by atoms with Gasteiger partial charge < -0.3 is 4.57 Å². The van der Waals surface area contributed by atoms with E-state index in [4.69, 9.17) is 5.26 Å². The topological polar surface area (TPSA) is 45.8 Å². The number of hydrogen-bond acceptors (Lipinski definition) is 3. The Morgan fingerprint density at radius 3 is 2.92 bits per heavy atom. The summed E-state index contributed by atoms with van der Waals surface area (Å²) in [7, 11) is 0. The summed E-state index contributed by atoms with van der Waals surface area (Å²) >= 11 is 1.55. The van der Waals surface area contributed by atoms with Crippen LogP contribution in [0.2, 0.25) is 0 Å². The van der Waals surface area contributed by atoms with Crippen LogP contribution >= 0.6 is 11.8 Å². The molecule has 0 aliphatic rings. The third-order valence-corrected chi connectivity index (χ3v) is 2.29. The average Bonchev–Trinajstić information content (AvgIpc) is 2.11. The van der Waals surface area contributed by atoms with E-state index in [0.29, 0.717) is 5.88 Å². The fourth-order valence-electron chi connectivity index (χ4n) is 1.04. The molecule has 0 saturated heterocycles. The fraction of sp³-hybridized carbons (Fsp3) is 0.333. The van der Waals surface area contributed by atoms with Gasteiger partial charge in [-0.25, -0.2) is 0 Å². The first-order valence-corrected chi connectivity index (χ1v) is 5.19. The summed E-state index contributed by atoms with van der Waals surface area (Å²) in [6.07, 6.45) is 3.63. The zero-order valence-corrected chi connectivity index (χ0v) is 8.39. The second-order valence-corrected chi connectivity index (χ2v) is 3.51. The molecule has 13 heavy (non-hydrogen) atoms. The molecule has 0 bridgehead atoms. The van der Waals surface area contributed by atoms with Crippen LogP contribution in [0, 0.1) is 18.3 Å². The highest BCUT2D eigenvalue weighted by Crippen LogP contribution is 2.02. The van der Waals surface area contributed by atoms with Gasteiger partial charge in [0.15, 0.2) is 0 Å². The lowest BCUT2D eigenvalue weighted by atomic mass is 10.2. The largest absolute Gasteiger partial charge is 0.305 e. The van der Waals surface area contributed by atoms with Crippen molar-refractivity contribution in [1.29, 1.82) is 5.26 Å². The van der Waals surface area contributed by atoms with E-state index in [1.165, 1.54) is 4.57 Å². The molecule has 0 amide bonds. The van der Waals surface area contributed by atoms with Crippen LogP contribution in [-0.4, -0.2) is 10.8 Å². The summed E-state index contributed by atoms with van der Waals surface area (Å²) in [5.41, 5.74) is 0.790. The van der Waals surface area contributed by atoms with E-state index in [-0.39, 0.29) is 11.1 Å². The van der Waals surface area contributed by atoms with Gasteiger partial charge in [0, 0.05) is 6.20 Å². The van der Waals surface area contributed by atoms with Crippen LogP contribution in [0.15, 0.2) is 17.1 Å². The van der Waals surface area contributed by atoms with Crippen molar-refractivity contribution in [3.63, 3.8) is 0 Å². The Balaban J connectivity index is 3.30. The molecule has 0 saturated carbocycles. The molecule has 0 aromatic carbocycles. The van der Waals surface area contributed by atoms with E-state index in [2.05, 4.69) is 0 Å². The number of aromatic nitrogens is 1. The van der Waals surface area contributed by atoms with Crippen molar-refractivity contribution in [2.24, 2.45) is 0 Å². The van der Waals surface area contributed by atoms with E-state index in [0.717, 1.165) is 5.56 Å². The Hall–Kier alpha value is -1.21. The Bertz CT molecular complexity index is 403. The number of hydrogen-bond donors (Lipinski definition) is 0. The number of thioether (sulfide) groups is 1. The van der Waals surface area contributed by atoms with E-state index in [9.17, 15) is 4.79 Å². The molecule has 0 unspecified atom stereocenters. The van der Waals surface area contributed by atoms with Gasteiger partial charge in [0.2, 0.25) is 0 Å². The Kier molecular flexibility index (Phi) is 3.15. The number of nitrogens with zero attached hydrogens (tertiary/aromatic N) is 2. The van der Waals surface area contributed by atoms with Crippen molar-refractivity contribution in [3.05, 3.63) is 33.7 Å². The zero-order valence-electron chi connectivity index (χ0n) is 7.57. The van der Waals surface area contributed by atoms with Gasteiger partial charge in [-0.2, -0.15) is 5.26 Å². The molecule has 0 aliphatic heterocycles. The molecule has 0 aliphatic carbocycles. The first-order valence-electron chi connectivity index (χ1n) is 3.79. The normalized spacial score (nSPS) is 9.62. The van der Waals surface area contributed by atoms with Crippen molar-refractivity contribution in [2.45, 2.75) is 12.8 Å². The number of nitriles is 1. The van der Waals surface area contributed by atoms with Crippen LogP contribution in [-0.2, 0) is 5.88 Å². The summed E-state index contributed by atoms with van der Waals surface area (Å²) in [5.74, 6) is 0.591. The lowest BCUT2D eigenvalue weighted by molar-refractivity contribution is 0.832. The lowest BCUT2D eigenvalue weighted by Gasteiger charge is -2.04. The third-order valence-electron chi connectivity index (χ3n) is 1.75. The Morgan fingerprint density at radius 2 is 2.38 bits per heavy atom. The summed E-state index contributed by atoms with van der Waals surface area (Å²) in [4.78, 5) is 11.5. The standard InChI is InChI=1S/C9H10N2OS/c1-7-3-4-11(6-13-2)9(12)8(7)5-10/h3-4H,6H2,1-2H3. The van der Waals surface area contributed by atoms with E-state index < -0.39 is 0 Å². The molecule has 3 nitrogen and oxygen atoms in total. The van der Waals surface area contributed by atoms with Crippen molar-refractivity contribution >= 4 is 11.8 Å². The Morgan fingerprint density at radius 1 is 1.69 bits per heavy atom. The number of rotatable bonds is 2. The van der Waals surface area contributed by atoms with Crippen LogP contribution < -0.4 is 5.56 Å². The van der Waals surface area contributed by atoms with E-state index in [1.807, 2.05) is 12.3 Å². The quantitative estimate of drug-likeness (QED) is 0.714. The minimum Gasteiger partial charge on any atom is -0.305 e. The molecule has 0 atom stereocenters. The van der Waals surface area contributed by atoms with Gasteiger partial charge in [0.05, 0.1) is 5.88 Å². The fourth-order valence-corrected chi connectivity index (χ4v) is 1.52. The predicted octanol–water partition coefficient (Wildman–Crippen LogP) is 1.35. The summed E-state index contributed by atoms with van der Waals surface area (Å²) in [6, 6.07) is 3.71. The van der Waals surface area contributed by atoms with Gasteiger partial charge in [-0.3, -0.25) is 4.79 Å². The van der Waals surface area contributed by atoms with Crippen molar-refractivity contribution in [3.8, 4) is 6.07 Å². The molecule has 0 spiro atoms. The molecule has 0 N–H and O–H groups in total. The van der Waals surface area contributed by atoms with Crippen LogP contribution in [0.3, 0.4) is 0 Å². The van der Waals surface area contributed by atoms with Gasteiger partial charge >= 0.3 is 0 Å². The van der Waals surface area contributed by atoms with Gasteiger partial charge in [-0.05, 0) is 24.8 Å². The highest BCUT2D eigenvalue weighted by Gasteiger charge is 2.04. The third kappa shape index (κ3) is 1.93. The summed E-state index contributed by atoms with van der Waals surface area (Å²) in [5, 5.41) is 8.72. The second-order valence-electron chi connectivity index (χ2n) is 2.68. The van der Waals surface area contributed by atoms with Crippen molar-refractivity contribution in [2.75, 3.05) is 6.26 Å². The van der Waals surface area contributed by atoms with Gasteiger partial charge in [0.25, 0.3) is 5.56 Å². The maximum absolute atomic E-state index is 11.5. The monoisotopic (exact) mass is 194 g/mol. The molecule has 0 radical (unpaired) electrons. The smallest absolute Gasteiger partial charge is 0.269 e. The van der Waals surface area contributed by atoms with Gasteiger partial charge in [-0.1, -0.05) is 0 Å². The molecular weight excluding hydrogens is 184 g/mol. The highest BCUT2D eigenvalue weighted by molar-refractivity contribution is 7.97. The molecule has 1 aromatic rings. The summed E-state index contributed by atoms with van der Waals surface area (Å²) in [6.45, 7) is 1.77. The van der Waals surface area contributed by atoms with Crippen LogP contribution in [0.25, 0.3) is 0 Å². The molecule has 0 fully saturated rings. The predicted molar refractivity (Wildman–Crippen MR) is 53.7 cm³/mol.